The van der Waals surface area contributed by atoms with Gasteiger partial charge in [-0.15, -0.1) is 16.4 Å². The molecule has 176 valence electrons. The number of benzene rings is 1. The van der Waals surface area contributed by atoms with Crippen molar-refractivity contribution in [1.82, 2.24) is 19.6 Å². The van der Waals surface area contributed by atoms with Crippen molar-refractivity contribution in [3.05, 3.63) is 57.5 Å². The maximum atomic E-state index is 13.5. The number of fused-ring (bicyclic) bond motifs is 1. The Labute approximate surface area is 197 Å². The molecule has 3 aromatic heterocycles. The number of esters is 1. The average molecular weight is 484 g/mol. The van der Waals surface area contributed by atoms with Gasteiger partial charge in [0.2, 0.25) is 5.88 Å². The molecular formula is C22H21N5O6S. The summed E-state index contributed by atoms with van der Waals surface area (Å²) in [4.78, 5) is 39.1. The molecule has 0 saturated heterocycles. The van der Waals surface area contributed by atoms with E-state index < -0.39 is 17.4 Å². The first-order chi connectivity index (χ1) is 16.4. The number of carbonyl (C=O) groups is 2. The van der Waals surface area contributed by atoms with Gasteiger partial charge >= 0.3 is 5.97 Å². The molecule has 0 aliphatic rings. The first-order valence-electron chi connectivity index (χ1n) is 10.1. The second-order valence-corrected chi connectivity index (χ2v) is 7.90. The summed E-state index contributed by atoms with van der Waals surface area (Å²) < 4.78 is 18.1. The van der Waals surface area contributed by atoms with Crippen LogP contribution in [0.4, 0.5) is 5.00 Å². The molecule has 0 fully saturated rings. The highest BCUT2D eigenvalue weighted by atomic mass is 32.1. The van der Waals surface area contributed by atoms with Crippen LogP contribution in [0.2, 0.25) is 0 Å². The van der Waals surface area contributed by atoms with Crippen molar-refractivity contribution in [2.75, 3.05) is 26.1 Å². The van der Waals surface area contributed by atoms with E-state index in [1.807, 2.05) is 0 Å². The highest BCUT2D eigenvalue weighted by Gasteiger charge is 2.25. The van der Waals surface area contributed by atoms with Gasteiger partial charge in [-0.25, -0.2) is 4.79 Å². The third-order valence-electron chi connectivity index (χ3n) is 4.88. The number of hydrogen-bond donors (Lipinski definition) is 1. The molecule has 0 atom stereocenters. The number of methoxy groups -OCH3 is 2. The zero-order chi connectivity index (χ0) is 24.4. The van der Waals surface area contributed by atoms with Gasteiger partial charge in [-0.05, 0) is 19.1 Å². The Bertz CT molecular complexity index is 1450. The van der Waals surface area contributed by atoms with Crippen LogP contribution in [0.25, 0.3) is 16.5 Å². The van der Waals surface area contributed by atoms with E-state index in [2.05, 4.69) is 15.5 Å². The Hall–Kier alpha value is -4.19. The number of aromatic nitrogens is 4. The predicted octanol–water partition coefficient (Wildman–Crippen LogP) is 2.63. The first-order valence-corrected chi connectivity index (χ1v) is 11.0. The normalized spacial score (nSPS) is 10.8. The number of carbonyl (C=O) groups excluding carboxylic acids is 2. The molecule has 34 heavy (non-hydrogen) atoms. The molecule has 1 amide bonds. The molecule has 0 aliphatic heterocycles. The van der Waals surface area contributed by atoms with Crippen molar-refractivity contribution in [3.63, 3.8) is 0 Å². The third kappa shape index (κ3) is 4.10. The summed E-state index contributed by atoms with van der Waals surface area (Å²) in [6.07, 6.45) is 1.50. The van der Waals surface area contributed by atoms with E-state index in [0.29, 0.717) is 11.4 Å². The van der Waals surface area contributed by atoms with Crippen LogP contribution in [0.3, 0.4) is 0 Å². The number of ether oxygens (including phenoxy) is 3. The molecule has 1 aromatic carbocycles. The van der Waals surface area contributed by atoms with Gasteiger partial charge in [0.15, 0.2) is 5.69 Å². The van der Waals surface area contributed by atoms with E-state index in [-0.39, 0.29) is 39.5 Å². The summed E-state index contributed by atoms with van der Waals surface area (Å²) in [7, 11) is 4.56. The van der Waals surface area contributed by atoms with Crippen molar-refractivity contribution >= 4 is 39.0 Å². The summed E-state index contributed by atoms with van der Waals surface area (Å²) in [5, 5.41) is 13.3. The lowest BCUT2D eigenvalue weighted by Crippen LogP contribution is -2.25. The lowest BCUT2D eigenvalue weighted by molar-refractivity contribution is 0.0520. The highest BCUT2D eigenvalue weighted by molar-refractivity contribution is 7.16. The quantitative estimate of drug-likeness (QED) is 0.398. The number of aryl methyl sites for hydroxylation is 1. The molecule has 0 saturated carbocycles. The molecule has 3 heterocycles. The minimum Gasteiger partial charge on any atom is -0.497 e. The topological polar surface area (TPSA) is 127 Å². The fourth-order valence-corrected chi connectivity index (χ4v) is 4.29. The SMILES string of the molecule is CCOC(=O)c1nn(-c2cccc(OC)c2)c(=O)c2c(NC(=O)c3cn(C)nc3OC)scc12. The van der Waals surface area contributed by atoms with Gasteiger partial charge in [0.05, 0.1) is 31.9 Å². The number of nitrogens with zero attached hydrogens (tertiary/aromatic N) is 4. The summed E-state index contributed by atoms with van der Waals surface area (Å²) in [5.41, 5.74) is 0.00882. The van der Waals surface area contributed by atoms with Crippen molar-refractivity contribution in [2.45, 2.75) is 6.92 Å². The molecule has 12 heteroatoms. The van der Waals surface area contributed by atoms with Crippen LogP contribution in [0.5, 0.6) is 11.6 Å². The van der Waals surface area contributed by atoms with Crippen molar-refractivity contribution < 1.29 is 23.8 Å². The van der Waals surface area contributed by atoms with Crippen LogP contribution in [0.1, 0.15) is 27.8 Å². The monoisotopic (exact) mass is 483 g/mol. The molecule has 0 aliphatic carbocycles. The first kappa shape index (κ1) is 23.0. The van der Waals surface area contributed by atoms with Crippen LogP contribution < -0.4 is 20.3 Å². The number of amides is 1. The molecule has 4 rings (SSSR count). The summed E-state index contributed by atoms with van der Waals surface area (Å²) >= 11 is 1.10. The van der Waals surface area contributed by atoms with Gasteiger partial charge in [0.25, 0.3) is 11.5 Å². The molecule has 0 bridgehead atoms. The minimum absolute atomic E-state index is 0.0463. The fourth-order valence-electron chi connectivity index (χ4n) is 3.35. The van der Waals surface area contributed by atoms with Crippen LogP contribution in [0.15, 0.2) is 40.6 Å². The van der Waals surface area contributed by atoms with E-state index in [4.69, 9.17) is 14.2 Å². The van der Waals surface area contributed by atoms with Crippen molar-refractivity contribution in [2.24, 2.45) is 7.05 Å². The number of anilines is 1. The molecule has 0 spiro atoms. The van der Waals surface area contributed by atoms with Gasteiger partial charge in [0.1, 0.15) is 16.3 Å². The maximum absolute atomic E-state index is 13.5. The Balaban J connectivity index is 1.89. The maximum Gasteiger partial charge on any atom is 0.359 e. The van der Waals surface area contributed by atoms with E-state index >= 15 is 0 Å². The van der Waals surface area contributed by atoms with E-state index in [0.717, 1.165) is 16.0 Å². The van der Waals surface area contributed by atoms with Crippen LogP contribution in [-0.4, -0.2) is 52.3 Å². The van der Waals surface area contributed by atoms with Gasteiger partial charge in [0, 0.05) is 30.1 Å². The zero-order valence-corrected chi connectivity index (χ0v) is 19.6. The summed E-state index contributed by atoms with van der Waals surface area (Å²) in [5.74, 6) is -0.556. The summed E-state index contributed by atoms with van der Waals surface area (Å²) in [6.45, 7) is 1.81. The number of nitrogens with one attached hydrogen (secondary N) is 1. The van der Waals surface area contributed by atoms with E-state index in [1.165, 1.54) is 25.1 Å². The van der Waals surface area contributed by atoms with E-state index in [9.17, 15) is 14.4 Å². The highest BCUT2D eigenvalue weighted by Crippen LogP contribution is 2.32. The lowest BCUT2D eigenvalue weighted by atomic mass is 10.2. The van der Waals surface area contributed by atoms with Crippen LogP contribution in [-0.2, 0) is 11.8 Å². The van der Waals surface area contributed by atoms with Gasteiger partial charge in [-0.2, -0.15) is 9.78 Å². The fraction of sp³-hybridized carbons (Fsp3) is 0.227. The second-order valence-electron chi connectivity index (χ2n) is 7.02. The Kier molecular flexibility index (Phi) is 6.32. The van der Waals surface area contributed by atoms with Gasteiger partial charge in [-0.1, -0.05) is 6.07 Å². The third-order valence-corrected chi connectivity index (χ3v) is 5.77. The number of rotatable bonds is 7. The van der Waals surface area contributed by atoms with Crippen LogP contribution in [0, 0.1) is 0 Å². The minimum atomic E-state index is -0.686. The average Bonchev–Trinajstić information content (AvgIpc) is 3.43. The molecule has 0 radical (unpaired) electrons. The number of hydrogen-bond acceptors (Lipinski definition) is 9. The van der Waals surface area contributed by atoms with Crippen molar-refractivity contribution in [3.8, 4) is 17.3 Å². The summed E-state index contributed by atoms with van der Waals surface area (Å²) in [6, 6.07) is 6.68. The Morgan fingerprint density at radius 2 is 1.97 bits per heavy atom. The molecule has 0 unspecified atom stereocenters. The van der Waals surface area contributed by atoms with E-state index in [1.54, 1.807) is 43.6 Å². The second kappa shape index (κ2) is 9.35. The number of thiophene rings is 1. The Morgan fingerprint density at radius 3 is 2.68 bits per heavy atom. The molecule has 4 aromatic rings. The molecular weight excluding hydrogens is 462 g/mol. The predicted molar refractivity (Wildman–Crippen MR) is 125 cm³/mol. The smallest absolute Gasteiger partial charge is 0.359 e. The molecule has 1 N–H and O–H groups in total. The molecule has 11 nitrogen and oxygen atoms in total. The Morgan fingerprint density at radius 1 is 1.18 bits per heavy atom. The largest absolute Gasteiger partial charge is 0.497 e. The lowest BCUT2D eigenvalue weighted by Gasteiger charge is -2.10. The van der Waals surface area contributed by atoms with Gasteiger partial charge < -0.3 is 19.5 Å². The van der Waals surface area contributed by atoms with Crippen LogP contribution >= 0.6 is 11.3 Å². The van der Waals surface area contributed by atoms with Gasteiger partial charge in [-0.3, -0.25) is 14.3 Å². The zero-order valence-electron chi connectivity index (χ0n) is 18.8. The standard InChI is InChI=1S/C22H21N5O6S/c1-5-33-22(30)17-15-11-34-20(23-18(28)14-10-26(2)25-19(14)32-4)16(15)21(29)27(24-17)12-7-6-8-13(9-12)31-3/h6-11H,5H2,1-4H3,(H,23,28). The van der Waals surface area contributed by atoms with Crippen molar-refractivity contribution in [1.29, 1.82) is 0 Å².